The maximum Gasteiger partial charge on any atom is 0.319 e. The molecule has 2 aromatic carbocycles. The molecule has 0 saturated carbocycles. The number of rotatable bonds is 5. The number of aromatic nitrogens is 3. The average Bonchev–Trinajstić information content (AvgIpc) is 3.48. The van der Waals surface area contributed by atoms with Crippen molar-refractivity contribution < 1.29 is 13.5 Å². The molecule has 3 aliphatic rings. The van der Waals surface area contributed by atoms with Crippen LogP contribution in [0, 0.1) is 5.82 Å². The Morgan fingerprint density at radius 3 is 2.72 bits per heavy atom. The molecule has 0 aliphatic carbocycles. The van der Waals surface area contributed by atoms with Crippen molar-refractivity contribution in [2.75, 3.05) is 37.7 Å². The normalized spacial score (nSPS) is 24.1. The lowest BCUT2D eigenvalue weighted by molar-refractivity contribution is 0.107. The summed E-state index contributed by atoms with van der Waals surface area (Å²) in [7, 11) is 0. The third kappa shape index (κ3) is 4.43. The third-order valence-electron chi connectivity index (χ3n) is 8.64. The molecule has 7 rings (SSSR count). The predicted molar refractivity (Wildman–Crippen MR) is 153 cm³/mol. The maximum atomic E-state index is 16.4. The van der Waals surface area contributed by atoms with Crippen LogP contribution in [0.1, 0.15) is 32.1 Å². The second-order valence-corrected chi connectivity index (χ2v) is 12.4. The monoisotopic (exact) mass is 593 g/mol. The van der Waals surface area contributed by atoms with Crippen LogP contribution < -0.4 is 9.64 Å². The molecule has 9 heteroatoms. The Hall–Kier alpha value is -2.91. The minimum Gasteiger partial charge on any atom is -0.461 e. The Morgan fingerprint density at radius 2 is 1.85 bits per heavy atom. The second-order valence-electron chi connectivity index (χ2n) is 11.1. The molecule has 202 valence electrons. The number of hydrogen-bond donors (Lipinski definition) is 0. The molecule has 0 N–H and O–H groups in total. The molecule has 39 heavy (non-hydrogen) atoms. The summed E-state index contributed by atoms with van der Waals surface area (Å²) in [5, 5.41) is 2.52. The van der Waals surface area contributed by atoms with Crippen LogP contribution >= 0.6 is 15.9 Å². The fourth-order valence-corrected chi connectivity index (χ4v) is 7.06. The maximum absolute atomic E-state index is 16.4. The SMILES string of the molecule is Fc1c(-c2cccc3ccccc23)ncc2c(N3CCC(Br)CC3)nc(OC[C@@]34CCCN3C[C@H](F)C4)nc12. The van der Waals surface area contributed by atoms with Crippen molar-refractivity contribution in [1.29, 1.82) is 0 Å². The second kappa shape index (κ2) is 9.93. The standard InChI is InChI=1S/C30H30BrF2N5O/c31-20-9-13-37(14-10-20)28-24-16-34-26(23-8-3-6-19-5-1-2-7-22(19)23)25(33)27(24)35-29(36-28)39-18-30-11-4-12-38(30)17-21(32)15-30/h1-3,5-8,16,20-21H,4,9-15,17-18H2/t21-,30+/m1/s1. The number of ether oxygens (including phenoxy) is 1. The van der Waals surface area contributed by atoms with Gasteiger partial charge in [-0.1, -0.05) is 58.4 Å². The minimum absolute atomic E-state index is 0.135. The number of alkyl halides is 2. The van der Waals surface area contributed by atoms with E-state index in [1.807, 2.05) is 42.5 Å². The van der Waals surface area contributed by atoms with Crippen molar-refractivity contribution in [3.05, 3.63) is 54.5 Å². The summed E-state index contributed by atoms with van der Waals surface area (Å²) >= 11 is 3.72. The van der Waals surface area contributed by atoms with E-state index in [-0.39, 0.29) is 22.8 Å². The van der Waals surface area contributed by atoms with Crippen LogP contribution in [-0.2, 0) is 0 Å². The van der Waals surface area contributed by atoms with Gasteiger partial charge in [-0.2, -0.15) is 9.97 Å². The molecule has 5 heterocycles. The van der Waals surface area contributed by atoms with Gasteiger partial charge in [0.05, 0.1) is 10.9 Å². The van der Waals surface area contributed by atoms with Crippen LogP contribution in [0.15, 0.2) is 48.7 Å². The Balaban J connectivity index is 1.32. The van der Waals surface area contributed by atoms with Gasteiger partial charge in [0, 0.05) is 42.6 Å². The summed E-state index contributed by atoms with van der Waals surface area (Å²) < 4.78 is 36.9. The van der Waals surface area contributed by atoms with Crippen LogP contribution in [0.25, 0.3) is 32.9 Å². The first-order valence-electron chi connectivity index (χ1n) is 13.8. The zero-order valence-corrected chi connectivity index (χ0v) is 23.2. The van der Waals surface area contributed by atoms with E-state index in [4.69, 9.17) is 9.72 Å². The van der Waals surface area contributed by atoms with Gasteiger partial charge in [0.15, 0.2) is 5.82 Å². The van der Waals surface area contributed by atoms with Crippen LogP contribution in [0.3, 0.4) is 0 Å². The fourth-order valence-electron chi connectivity index (χ4n) is 6.65. The first-order valence-corrected chi connectivity index (χ1v) is 14.7. The van der Waals surface area contributed by atoms with Crippen LogP contribution in [0.4, 0.5) is 14.6 Å². The van der Waals surface area contributed by atoms with Crippen molar-refractivity contribution >= 4 is 43.4 Å². The largest absolute Gasteiger partial charge is 0.461 e. The van der Waals surface area contributed by atoms with Gasteiger partial charge < -0.3 is 9.64 Å². The predicted octanol–water partition coefficient (Wildman–Crippen LogP) is 6.30. The van der Waals surface area contributed by atoms with Gasteiger partial charge >= 0.3 is 6.01 Å². The van der Waals surface area contributed by atoms with Crippen molar-refractivity contribution in [2.45, 2.75) is 48.6 Å². The molecule has 2 atom stereocenters. The van der Waals surface area contributed by atoms with Gasteiger partial charge in [0.1, 0.15) is 29.8 Å². The number of anilines is 1. The fraction of sp³-hybridized carbons (Fsp3) is 0.433. The molecular formula is C30H30BrF2N5O. The first kappa shape index (κ1) is 25.1. The summed E-state index contributed by atoms with van der Waals surface area (Å²) in [5.41, 5.74) is 0.836. The lowest BCUT2D eigenvalue weighted by Gasteiger charge is -2.32. The molecule has 0 spiro atoms. The molecule has 6 nitrogen and oxygen atoms in total. The molecule has 3 saturated heterocycles. The average molecular weight is 595 g/mol. The Bertz CT molecular complexity index is 1540. The van der Waals surface area contributed by atoms with E-state index in [2.05, 4.69) is 35.7 Å². The molecule has 4 aromatic rings. The highest BCUT2D eigenvalue weighted by atomic mass is 79.9. The van der Waals surface area contributed by atoms with E-state index >= 15 is 4.39 Å². The highest BCUT2D eigenvalue weighted by Crippen LogP contribution is 2.41. The van der Waals surface area contributed by atoms with Crippen LogP contribution in [-0.4, -0.2) is 69.2 Å². The Morgan fingerprint density at radius 1 is 1.03 bits per heavy atom. The molecule has 3 aliphatic heterocycles. The topological polar surface area (TPSA) is 54.4 Å². The highest BCUT2D eigenvalue weighted by molar-refractivity contribution is 9.09. The Kier molecular flexibility index (Phi) is 6.39. The number of fused-ring (bicyclic) bond motifs is 3. The summed E-state index contributed by atoms with van der Waals surface area (Å²) in [6, 6.07) is 13.9. The number of pyridine rings is 1. The van der Waals surface area contributed by atoms with Gasteiger partial charge in [-0.25, -0.2) is 8.78 Å². The lowest BCUT2D eigenvalue weighted by Crippen LogP contribution is -2.43. The molecule has 3 fully saturated rings. The lowest BCUT2D eigenvalue weighted by atomic mass is 9.95. The number of nitrogens with zero attached hydrogens (tertiary/aromatic N) is 5. The molecule has 0 amide bonds. The van der Waals surface area contributed by atoms with Crippen molar-refractivity contribution in [3.63, 3.8) is 0 Å². The van der Waals surface area contributed by atoms with Crippen LogP contribution in [0.5, 0.6) is 6.01 Å². The van der Waals surface area contributed by atoms with Crippen LogP contribution in [0.2, 0.25) is 0 Å². The van der Waals surface area contributed by atoms with E-state index in [0.29, 0.717) is 35.6 Å². The zero-order chi connectivity index (χ0) is 26.6. The smallest absolute Gasteiger partial charge is 0.319 e. The molecule has 0 unspecified atom stereocenters. The van der Waals surface area contributed by atoms with Gasteiger partial charge in [-0.05, 0) is 43.0 Å². The van der Waals surface area contributed by atoms with E-state index < -0.39 is 12.0 Å². The summed E-state index contributed by atoms with van der Waals surface area (Å²) in [4.78, 5) is 18.8. The highest BCUT2D eigenvalue weighted by Gasteiger charge is 2.49. The quantitative estimate of drug-likeness (QED) is 0.253. The van der Waals surface area contributed by atoms with E-state index in [9.17, 15) is 4.39 Å². The summed E-state index contributed by atoms with van der Waals surface area (Å²) in [6.07, 6.45) is 5.13. The van der Waals surface area contributed by atoms with Gasteiger partial charge in [-0.3, -0.25) is 9.88 Å². The van der Waals surface area contributed by atoms with E-state index in [1.54, 1.807) is 6.20 Å². The van der Waals surface area contributed by atoms with Crippen molar-refractivity contribution in [1.82, 2.24) is 19.9 Å². The van der Waals surface area contributed by atoms with E-state index in [1.165, 1.54) is 0 Å². The van der Waals surface area contributed by atoms with Gasteiger partial charge in [-0.15, -0.1) is 0 Å². The van der Waals surface area contributed by atoms with Crippen molar-refractivity contribution in [3.8, 4) is 17.3 Å². The number of hydrogen-bond acceptors (Lipinski definition) is 6. The van der Waals surface area contributed by atoms with Crippen molar-refractivity contribution in [2.24, 2.45) is 0 Å². The number of piperidine rings is 1. The van der Waals surface area contributed by atoms with Gasteiger partial charge in [0.25, 0.3) is 0 Å². The summed E-state index contributed by atoms with van der Waals surface area (Å²) in [5.74, 6) is 0.152. The molecule has 0 bridgehead atoms. The number of halogens is 3. The minimum atomic E-state index is -0.848. The Labute approximate surface area is 234 Å². The van der Waals surface area contributed by atoms with E-state index in [0.717, 1.165) is 61.7 Å². The summed E-state index contributed by atoms with van der Waals surface area (Å²) in [6.45, 7) is 3.20. The molecule has 0 radical (unpaired) electrons. The number of benzene rings is 2. The van der Waals surface area contributed by atoms with Gasteiger partial charge in [0.2, 0.25) is 0 Å². The first-order chi connectivity index (χ1) is 19.0. The zero-order valence-electron chi connectivity index (χ0n) is 21.6. The molecule has 2 aromatic heterocycles. The third-order valence-corrected chi connectivity index (χ3v) is 9.56. The molecular weight excluding hydrogens is 564 g/mol.